The first kappa shape index (κ1) is 14.2. The quantitative estimate of drug-likeness (QED) is 0.809. The zero-order valence-electron chi connectivity index (χ0n) is 11.1. The van der Waals surface area contributed by atoms with Crippen LogP contribution in [0, 0.1) is 25.3 Å². The molecule has 0 aromatic heterocycles. The predicted molar refractivity (Wildman–Crippen MR) is 79.8 cm³/mol. The third-order valence-corrected chi connectivity index (χ3v) is 4.58. The van der Waals surface area contributed by atoms with Gasteiger partial charge in [-0.3, -0.25) is 4.31 Å². The Hall–Kier alpha value is -2.25. The van der Waals surface area contributed by atoms with E-state index in [-0.39, 0.29) is 11.4 Å². The van der Waals surface area contributed by atoms with Gasteiger partial charge in [0.15, 0.2) is 0 Å². The fourth-order valence-corrected chi connectivity index (χ4v) is 3.11. The summed E-state index contributed by atoms with van der Waals surface area (Å²) in [7, 11) is -3.67. The molecule has 0 unspecified atom stereocenters. The molecule has 0 fully saturated rings. The van der Waals surface area contributed by atoms with Crippen LogP contribution in [0.4, 0.5) is 5.69 Å². The third-order valence-electron chi connectivity index (χ3n) is 2.81. The first-order valence-corrected chi connectivity index (χ1v) is 7.49. The molecule has 20 heavy (non-hydrogen) atoms. The largest absolute Gasteiger partial charge is 0.265 e. The molecule has 0 heterocycles. The molecule has 0 spiro atoms. The van der Waals surface area contributed by atoms with Gasteiger partial charge in [-0.15, -0.1) is 6.42 Å². The number of anilines is 1. The fourth-order valence-electron chi connectivity index (χ4n) is 1.76. The number of hydrogen-bond donors (Lipinski definition) is 0. The molecule has 0 bridgehead atoms. The molecule has 0 saturated heterocycles. The van der Waals surface area contributed by atoms with Gasteiger partial charge in [-0.1, -0.05) is 41.8 Å². The Morgan fingerprint density at radius 3 is 2.45 bits per heavy atom. The smallest absolute Gasteiger partial charge is 0.254 e. The Morgan fingerprint density at radius 1 is 1.20 bits per heavy atom. The van der Waals surface area contributed by atoms with Crippen LogP contribution in [0.2, 0.25) is 0 Å². The SMILES string of the molecule is C#CCN(c1[c]cccc1)S(=O)(=O)c1ccc(C)cc1. The van der Waals surface area contributed by atoms with Crippen molar-refractivity contribution in [3.05, 3.63) is 60.2 Å². The van der Waals surface area contributed by atoms with E-state index in [1.165, 1.54) is 4.31 Å². The molecule has 3 nitrogen and oxygen atoms in total. The number of rotatable bonds is 4. The molecule has 4 heteroatoms. The Kier molecular flexibility index (Phi) is 4.11. The molecule has 101 valence electrons. The summed E-state index contributed by atoms with van der Waals surface area (Å²) in [6.45, 7) is 1.87. The van der Waals surface area contributed by atoms with Crippen LogP contribution in [-0.2, 0) is 10.0 Å². The van der Waals surface area contributed by atoms with Crippen LogP contribution in [-0.4, -0.2) is 15.0 Å². The van der Waals surface area contributed by atoms with Crippen LogP contribution in [0.25, 0.3) is 0 Å². The van der Waals surface area contributed by atoms with E-state index in [0.29, 0.717) is 5.69 Å². The van der Waals surface area contributed by atoms with Crippen LogP contribution in [0.3, 0.4) is 0 Å². The van der Waals surface area contributed by atoms with Crippen LogP contribution in [0.5, 0.6) is 0 Å². The molecular formula is C16H14NO2S. The van der Waals surface area contributed by atoms with Gasteiger partial charge in [0.25, 0.3) is 10.0 Å². The van der Waals surface area contributed by atoms with E-state index >= 15 is 0 Å². The van der Waals surface area contributed by atoms with Gasteiger partial charge in [0.2, 0.25) is 0 Å². The first-order chi connectivity index (χ1) is 9.55. The topological polar surface area (TPSA) is 37.4 Å². The summed E-state index contributed by atoms with van der Waals surface area (Å²) >= 11 is 0. The van der Waals surface area contributed by atoms with Crippen LogP contribution >= 0.6 is 0 Å². The molecule has 0 amide bonds. The van der Waals surface area contributed by atoms with E-state index in [9.17, 15) is 8.42 Å². The van der Waals surface area contributed by atoms with Crippen LogP contribution < -0.4 is 4.31 Å². The minimum absolute atomic E-state index is 0.0310. The summed E-state index contributed by atoms with van der Waals surface area (Å²) in [6.07, 6.45) is 5.30. The zero-order valence-corrected chi connectivity index (χ0v) is 11.9. The summed E-state index contributed by atoms with van der Waals surface area (Å²) < 4.78 is 26.5. The lowest BCUT2D eigenvalue weighted by molar-refractivity contribution is 0.593. The third kappa shape index (κ3) is 2.84. The summed E-state index contributed by atoms with van der Waals surface area (Å²) in [6, 6.07) is 16.4. The normalized spacial score (nSPS) is 10.8. The average Bonchev–Trinajstić information content (AvgIpc) is 2.46. The molecule has 2 aromatic carbocycles. The van der Waals surface area contributed by atoms with Gasteiger partial charge in [-0.05, 0) is 25.1 Å². The van der Waals surface area contributed by atoms with Gasteiger partial charge in [0.1, 0.15) is 0 Å². The number of benzene rings is 2. The zero-order chi connectivity index (χ0) is 14.6. The van der Waals surface area contributed by atoms with Crippen LogP contribution in [0.1, 0.15) is 5.56 Å². The molecular weight excluding hydrogens is 270 g/mol. The highest BCUT2D eigenvalue weighted by Gasteiger charge is 2.23. The van der Waals surface area contributed by atoms with Gasteiger partial charge in [0, 0.05) is 6.07 Å². The number of aryl methyl sites for hydroxylation is 1. The number of sulfonamides is 1. The van der Waals surface area contributed by atoms with E-state index < -0.39 is 10.0 Å². The van der Waals surface area contributed by atoms with E-state index in [2.05, 4.69) is 12.0 Å². The summed E-state index contributed by atoms with van der Waals surface area (Å²) in [5.74, 6) is 2.38. The molecule has 1 radical (unpaired) electrons. The summed E-state index contributed by atoms with van der Waals surface area (Å²) in [4.78, 5) is 0.218. The fraction of sp³-hybridized carbons (Fsp3) is 0.125. The maximum absolute atomic E-state index is 12.6. The Labute approximate surface area is 119 Å². The van der Waals surface area contributed by atoms with Crippen LogP contribution in [0.15, 0.2) is 53.4 Å². The second-order valence-corrected chi connectivity index (χ2v) is 6.14. The highest BCUT2D eigenvalue weighted by molar-refractivity contribution is 7.92. The number of nitrogens with zero attached hydrogens (tertiary/aromatic N) is 1. The maximum Gasteiger partial charge on any atom is 0.265 e. The summed E-state index contributed by atoms with van der Waals surface area (Å²) in [5, 5.41) is 0. The molecule has 0 N–H and O–H groups in total. The number of para-hydroxylation sites is 1. The van der Waals surface area contributed by atoms with Gasteiger partial charge in [-0.2, -0.15) is 0 Å². The average molecular weight is 284 g/mol. The van der Waals surface area contributed by atoms with E-state index in [1.807, 2.05) is 6.92 Å². The predicted octanol–water partition coefficient (Wildman–Crippen LogP) is 2.62. The highest BCUT2D eigenvalue weighted by atomic mass is 32.2. The van der Waals surface area contributed by atoms with Crippen molar-refractivity contribution < 1.29 is 8.42 Å². The molecule has 0 aliphatic rings. The van der Waals surface area contributed by atoms with E-state index in [0.717, 1.165) is 5.56 Å². The molecule has 2 aromatic rings. The van der Waals surface area contributed by atoms with Gasteiger partial charge in [-0.25, -0.2) is 8.42 Å². The van der Waals surface area contributed by atoms with Crippen molar-refractivity contribution in [2.24, 2.45) is 0 Å². The molecule has 0 atom stereocenters. The highest BCUT2D eigenvalue weighted by Crippen LogP contribution is 2.22. The van der Waals surface area contributed by atoms with Crippen molar-refractivity contribution in [3.63, 3.8) is 0 Å². The monoisotopic (exact) mass is 284 g/mol. The Bertz CT molecular complexity index is 713. The van der Waals surface area contributed by atoms with E-state index in [4.69, 9.17) is 6.42 Å². The lowest BCUT2D eigenvalue weighted by atomic mass is 10.2. The molecule has 2 rings (SSSR count). The summed E-state index contributed by atoms with van der Waals surface area (Å²) in [5.41, 5.74) is 1.43. The van der Waals surface area contributed by atoms with Crippen molar-refractivity contribution >= 4 is 15.7 Å². The first-order valence-electron chi connectivity index (χ1n) is 6.05. The Balaban J connectivity index is 2.48. The van der Waals surface area contributed by atoms with Crippen molar-refractivity contribution in [1.29, 1.82) is 0 Å². The Morgan fingerprint density at radius 2 is 1.90 bits per heavy atom. The standard InChI is InChI=1S/C16H14NO2S/c1-3-13-17(15-7-5-4-6-8-15)20(18,19)16-11-9-14(2)10-12-16/h1,4-7,9-12H,13H2,2H3. The van der Waals surface area contributed by atoms with Gasteiger partial charge in [0.05, 0.1) is 17.1 Å². The second kappa shape index (κ2) is 5.81. The van der Waals surface area contributed by atoms with Crippen molar-refractivity contribution in [3.8, 4) is 12.3 Å². The second-order valence-electron chi connectivity index (χ2n) is 4.28. The van der Waals surface area contributed by atoms with Crippen molar-refractivity contribution in [1.82, 2.24) is 0 Å². The number of terminal acetylenes is 1. The molecule has 0 aliphatic carbocycles. The van der Waals surface area contributed by atoms with Gasteiger partial charge >= 0.3 is 0 Å². The number of hydrogen-bond acceptors (Lipinski definition) is 2. The maximum atomic E-state index is 12.6. The minimum Gasteiger partial charge on any atom is -0.254 e. The lowest BCUT2D eigenvalue weighted by Gasteiger charge is -2.22. The van der Waals surface area contributed by atoms with E-state index in [1.54, 1.807) is 48.5 Å². The van der Waals surface area contributed by atoms with Gasteiger partial charge < -0.3 is 0 Å². The van der Waals surface area contributed by atoms with Crippen molar-refractivity contribution in [2.75, 3.05) is 10.8 Å². The molecule has 0 saturated carbocycles. The lowest BCUT2D eigenvalue weighted by Crippen LogP contribution is -2.31. The minimum atomic E-state index is -3.67. The molecule has 0 aliphatic heterocycles. The van der Waals surface area contributed by atoms with Crippen molar-refractivity contribution in [2.45, 2.75) is 11.8 Å².